The van der Waals surface area contributed by atoms with Crippen molar-refractivity contribution in [3.63, 3.8) is 0 Å². The van der Waals surface area contributed by atoms with Crippen LogP contribution in [0.4, 0.5) is 0 Å². The number of nitrogens with one attached hydrogen (secondary N) is 1. The van der Waals surface area contributed by atoms with Crippen molar-refractivity contribution < 1.29 is 0 Å². The van der Waals surface area contributed by atoms with Gasteiger partial charge >= 0.3 is 0 Å². The third-order valence-corrected chi connectivity index (χ3v) is 4.20. The fourth-order valence-corrected chi connectivity index (χ4v) is 2.42. The Morgan fingerprint density at radius 3 is 2.39 bits per heavy atom. The Kier molecular flexibility index (Phi) is 4.82. The van der Waals surface area contributed by atoms with Crippen molar-refractivity contribution in [3.05, 3.63) is 35.4 Å². The largest absolute Gasteiger partial charge is 0.314 e. The number of rotatable bonds is 7. The van der Waals surface area contributed by atoms with Crippen LogP contribution >= 0.6 is 0 Å². The number of aryl methyl sites for hydroxylation is 1. The van der Waals surface area contributed by atoms with Crippen molar-refractivity contribution in [3.8, 4) is 0 Å². The van der Waals surface area contributed by atoms with Gasteiger partial charge in [-0.25, -0.2) is 0 Å². The number of benzene rings is 1. The van der Waals surface area contributed by atoms with Gasteiger partial charge in [-0.15, -0.1) is 0 Å². The molecular formula is C17H27N. The molecule has 1 aliphatic rings. The smallest absolute Gasteiger partial charge is 0.00683 e. The zero-order valence-corrected chi connectivity index (χ0v) is 12.1. The summed E-state index contributed by atoms with van der Waals surface area (Å²) in [6, 6.07) is 10.1. The molecular weight excluding hydrogens is 218 g/mol. The van der Waals surface area contributed by atoms with Crippen LogP contribution in [0.1, 0.15) is 57.1 Å². The molecule has 1 aromatic rings. The quantitative estimate of drug-likeness (QED) is 0.761. The Morgan fingerprint density at radius 1 is 1.17 bits per heavy atom. The second kappa shape index (κ2) is 6.38. The molecule has 0 amide bonds. The third-order valence-electron chi connectivity index (χ3n) is 4.20. The molecule has 1 aliphatic carbocycles. The highest BCUT2D eigenvalue weighted by atomic mass is 14.9. The maximum absolute atomic E-state index is 3.64. The highest BCUT2D eigenvalue weighted by Gasteiger charge is 2.22. The van der Waals surface area contributed by atoms with Crippen molar-refractivity contribution in [1.82, 2.24) is 5.32 Å². The molecule has 1 nitrogen and oxygen atoms in total. The first-order valence-corrected chi connectivity index (χ1v) is 7.53. The van der Waals surface area contributed by atoms with Crippen LogP contribution in [0.5, 0.6) is 0 Å². The first kappa shape index (κ1) is 13.6. The normalized spacial score (nSPS) is 18.6. The summed E-state index contributed by atoms with van der Waals surface area (Å²) in [6.07, 6.45) is 5.20. The predicted octanol–water partition coefficient (Wildman–Crippen LogP) is 4.13. The molecule has 2 rings (SSSR count). The molecule has 0 aromatic heterocycles. The van der Waals surface area contributed by atoms with Crippen LogP contribution in [0.3, 0.4) is 0 Å². The third kappa shape index (κ3) is 3.84. The van der Waals surface area contributed by atoms with Gasteiger partial charge in [0, 0.05) is 6.04 Å². The van der Waals surface area contributed by atoms with E-state index in [-0.39, 0.29) is 0 Å². The van der Waals surface area contributed by atoms with Crippen molar-refractivity contribution >= 4 is 0 Å². The molecule has 0 bridgehead atoms. The standard InChI is InChI=1S/C17H27N/c1-4-5-15-6-8-16(9-7-15)14(3)13(2)12-18-17-10-11-17/h6-9,13-14,17-18H,4-5,10-12H2,1-3H3. The van der Waals surface area contributed by atoms with E-state index < -0.39 is 0 Å². The molecule has 0 spiro atoms. The first-order valence-electron chi connectivity index (χ1n) is 7.53. The van der Waals surface area contributed by atoms with E-state index in [2.05, 4.69) is 50.4 Å². The van der Waals surface area contributed by atoms with Gasteiger partial charge in [-0.3, -0.25) is 0 Å². The van der Waals surface area contributed by atoms with Crippen molar-refractivity contribution in [1.29, 1.82) is 0 Å². The summed E-state index contributed by atoms with van der Waals surface area (Å²) < 4.78 is 0. The van der Waals surface area contributed by atoms with Crippen molar-refractivity contribution in [2.45, 2.75) is 58.4 Å². The fraction of sp³-hybridized carbons (Fsp3) is 0.647. The van der Waals surface area contributed by atoms with Gasteiger partial charge in [-0.2, -0.15) is 0 Å². The zero-order chi connectivity index (χ0) is 13.0. The average Bonchev–Trinajstić information content (AvgIpc) is 3.20. The van der Waals surface area contributed by atoms with Gasteiger partial charge in [-0.1, -0.05) is 51.5 Å². The van der Waals surface area contributed by atoms with Gasteiger partial charge in [0.2, 0.25) is 0 Å². The summed E-state index contributed by atoms with van der Waals surface area (Å²) in [4.78, 5) is 0. The van der Waals surface area contributed by atoms with Gasteiger partial charge in [0.05, 0.1) is 0 Å². The first-order chi connectivity index (χ1) is 8.70. The van der Waals surface area contributed by atoms with Crippen LogP contribution in [0, 0.1) is 5.92 Å². The van der Waals surface area contributed by atoms with E-state index in [9.17, 15) is 0 Å². The molecule has 18 heavy (non-hydrogen) atoms. The summed E-state index contributed by atoms with van der Waals surface area (Å²) in [5.41, 5.74) is 2.96. The highest BCUT2D eigenvalue weighted by Crippen LogP contribution is 2.26. The maximum atomic E-state index is 3.64. The van der Waals surface area contributed by atoms with E-state index in [0.717, 1.165) is 12.6 Å². The van der Waals surface area contributed by atoms with Crippen LogP contribution in [-0.2, 0) is 6.42 Å². The van der Waals surface area contributed by atoms with E-state index in [1.54, 1.807) is 0 Å². The fourth-order valence-electron chi connectivity index (χ4n) is 2.42. The van der Waals surface area contributed by atoms with Gasteiger partial charge < -0.3 is 5.32 Å². The number of hydrogen-bond acceptors (Lipinski definition) is 1. The van der Waals surface area contributed by atoms with E-state index in [4.69, 9.17) is 0 Å². The molecule has 0 aliphatic heterocycles. The summed E-state index contributed by atoms with van der Waals surface area (Å²) in [5, 5.41) is 3.64. The van der Waals surface area contributed by atoms with Crippen LogP contribution < -0.4 is 5.32 Å². The van der Waals surface area contributed by atoms with Gasteiger partial charge in [0.1, 0.15) is 0 Å². The molecule has 0 heterocycles. The summed E-state index contributed by atoms with van der Waals surface area (Å²) in [7, 11) is 0. The van der Waals surface area contributed by atoms with Crippen LogP contribution in [0.2, 0.25) is 0 Å². The van der Waals surface area contributed by atoms with E-state index in [1.165, 1.54) is 36.8 Å². The lowest BCUT2D eigenvalue weighted by atomic mass is 9.88. The molecule has 100 valence electrons. The summed E-state index contributed by atoms with van der Waals surface area (Å²) in [5.74, 6) is 1.36. The molecule has 1 heteroatoms. The molecule has 2 unspecified atom stereocenters. The van der Waals surface area contributed by atoms with Gasteiger partial charge in [0.25, 0.3) is 0 Å². The van der Waals surface area contributed by atoms with Gasteiger partial charge in [-0.05, 0) is 48.8 Å². The maximum Gasteiger partial charge on any atom is 0.00683 e. The molecule has 1 N–H and O–H groups in total. The monoisotopic (exact) mass is 245 g/mol. The summed E-state index contributed by atoms with van der Waals surface area (Å²) in [6.45, 7) is 8.11. The summed E-state index contributed by atoms with van der Waals surface area (Å²) >= 11 is 0. The Morgan fingerprint density at radius 2 is 1.83 bits per heavy atom. The SMILES string of the molecule is CCCc1ccc(C(C)C(C)CNC2CC2)cc1. The molecule has 1 aromatic carbocycles. The molecule has 1 saturated carbocycles. The second-order valence-electron chi connectivity index (χ2n) is 5.94. The molecule has 1 fully saturated rings. The van der Waals surface area contributed by atoms with Crippen molar-refractivity contribution in [2.24, 2.45) is 5.92 Å². The van der Waals surface area contributed by atoms with E-state index in [1.807, 2.05) is 0 Å². The minimum Gasteiger partial charge on any atom is -0.314 e. The zero-order valence-electron chi connectivity index (χ0n) is 12.1. The van der Waals surface area contributed by atoms with E-state index in [0.29, 0.717) is 11.8 Å². The van der Waals surface area contributed by atoms with Crippen molar-refractivity contribution in [2.75, 3.05) is 6.54 Å². The number of hydrogen-bond donors (Lipinski definition) is 1. The van der Waals surface area contributed by atoms with Crippen LogP contribution in [-0.4, -0.2) is 12.6 Å². The van der Waals surface area contributed by atoms with Crippen LogP contribution in [0.15, 0.2) is 24.3 Å². The van der Waals surface area contributed by atoms with Gasteiger partial charge in [0.15, 0.2) is 0 Å². The minimum atomic E-state index is 0.645. The Balaban J connectivity index is 1.87. The van der Waals surface area contributed by atoms with E-state index >= 15 is 0 Å². The Labute approximate surface area is 112 Å². The lowest BCUT2D eigenvalue weighted by Crippen LogP contribution is -2.26. The lowest BCUT2D eigenvalue weighted by Gasteiger charge is -2.21. The highest BCUT2D eigenvalue weighted by molar-refractivity contribution is 5.25. The Hall–Kier alpha value is -0.820. The topological polar surface area (TPSA) is 12.0 Å². The van der Waals surface area contributed by atoms with Crippen LogP contribution in [0.25, 0.3) is 0 Å². The Bertz CT molecular complexity index is 350. The molecule has 2 atom stereocenters. The average molecular weight is 245 g/mol. The minimum absolute atomic E-state index is 0.645. The molecule has 0 saturated heterocycles. The molecule has 0 radical (unpaired) electrons. The second-order valence-corrected chi connectivity index (χ2v) is 5.94. The lowest BCUT2D eigenvalue weighted by molar-refractivity contribution is 0.446. The predicted molar refractivity (Wildman–Crippen MR) is 79.0 cm³/mol.